The molecule has 0 spiro atoms. The fraction of sp³-hybridized carbons (Fsp3) is 0.333. The third kappa shape index (κ3) is 1.46. The molecule has 0 aromatic heterocycles. The van der Waals surface area contributed by atoms with Gasteiger partial charge in [0.15, 0.2) is 0 Å². The van der Waals surface area contributed by atoms with Crippen LogP contribution < -0.4 is 0 Å². The summed E-state index contributed by atoms with van der Waals surface area (Å²) in [5.74, 6) is -2.51. The molecule has 2 rings (SSSR count). The molecule has 64 valence electrons. The highest BCUT2D eigenvalue weighted by Gasteiger charge is 2.36. The van der Waals surface area contributed by atoms with Gasteiger partial charge in [-0.25, -0.2) is 8.78 Å². The van der Waals surface area contributed by atoms with E-state index < -0.39 is 5.92 Å². The van der Waals surface area contributed by atoms with Crippen molar-refractivity contribution in [3.8, 4) is 0 Å². The van der Waals surface area contributed by atoms with Crippen molar-refractivity contribution in [2.24, 2.45) is 0 Å². The molecule has 0 heterocycles. The Morgan fingerprint density at radius 2 is 1.83 bits per heavy atom. The molecule has 0 nitrogen and oxygen atoms in total. The Morgan fingerprint density at radius 1 is 1.17 bits per heavy atom. The van der Waals surface area contributed by atoms with E-state index in [1.54, 1.807) is 6.07 Å². The van der Waals surface area contributed by atoms with Gasteiger partial charge in [0.1, 0.15) is 0 Å². The first kappa shape index (κ1) is 8.41. The number of benzene rings is 1. The molecule has 0 fully saturated rings. The van der Waals surface area contributed by atoms with E-state index in [0.29, 0.717) is 0 Å². The Hall–Kier alpha value is -0.190. The van der Waals surface area contributed by atoms with Crippen LogP contribution in [0, 0.1) is 3.57 Å². The lowest BCUT2D eigenvalue weighted by atomic mass is 10.1. The van der Waals surface area contributed by atoms with Crippen molar-refractivity contribution in [1.82, 2.24) is 0 Å². The molecule has 1 aliphatic carbocycles. The van der Waals surface area contributed by atoms with E-state index in [4.69, 9.17) is 0 Å². The maximum atomic E-state index is 12.9. The van der Waals surface area contributed by atoms with Crippen LogP contribution in [0.25, 0.3) is 0 Å². The van der Waals surface area contributed by atoms with Crippen molar-refractivity contribution >= 4 is 22.6 Å². The standard InChI is InChI=1S/C9H7F2I/c10-9(11)4-6-1-2-8(12)3-7(6)5-9/h1-3H,4-5H2. The average Bonchev–Trinajstić information content (AvgIpc) is 2.21. The number of hydrogen-bond donors (Lipinski definition) is 0. The zero-order valence-electron chi connectivity index (χ0n) is 6.28. The molecule has 0 bridgehead atoms. The lowest BCUT2D eigenvalue weighted by molar-refractivity contribution is 0.0130. The molecule has 0 N–H and O–H groups in total. The second kappa shape index (κ2) is 2.65. The zero-order chi connectivity index (χ0) is 8.77. The van der Waals surface area contributed by atoms with Crippen molar-refractivity contribution in [2.75, 3.05) is 0 Å². The van der Waals surface area contributed by atoms with Gasteiger partial charge < -0.3 is 0 Å². The molecule has 0 saturated carbocycles. The highest BCUT2D eigenvalue weighted by atomic mass is 127. The van der Waals surface area contributed by atoms with E-state index in [1.807, 2.05) is 12.1 Å². The first-order chi connectivity index (χ1) is 5.57. The summed E-state index contributed by atoms with van der Waals surface area (Å²) in [4.78, 5) is 0. The van der Waals surface area contributed by atoms with E-state index in [2.05, 4.69) is 22.6 Å². The zero-order valence-corrected chi connectivity index (χ0v) is 8.44. The Balaban J connectivity index is 2.43. The van der Waals surface area contributed by atoms with E-state index in [1.165, 1.54) is 0 Å². The number of halogens is 3. The van der Waals surface area contributed by atoms with Crippen LogP contribution in [0.1, 0.15) is 11.1 Å². The fourth-order valence-electron chi connectivity index (χ4n) is 1.55. The normalized spacial score (nSPS) is 19.2. The van der Waals surface area contributed by atoms with Crippen molar-refractivity contribution in [3.63, 3.8) is 0 Å². The predicted octanol–water partition coefficient (Wildman–Crippen LogP) is 3.03. The number of hydrogen-bond acceptors (Lipinski definition) is 0. The van der Waals surface area contributed by atoms with Crippen LogP contribution >= 0.6 is 22.6 Å². The summed E-state index contributed by atoms with van der Waals surface area (Å²) in [7, 11) is 0. The van der Waals surface area contributed by atoms with Crippen LogP contribution in [-0.2, 0) is 12.8 Å². The SMILES string of the molecule is FC1(F)Cc2ccc(I)cc2C1. The summed E-state index contributed by atoms with van der Waals surface area (Å²) in [6.45, 7) is 0. The van der Waals surface area contributed by atoms with Gasteiger partial charge in [0.2, 0.25) is 0 Å². The number of rotatable bonds is 0. The first-order valence-corrected chi connectivity index (χ1v) is 4.80. The molecule has 0 aliphatic heterocycles. The van der Waals surface area contributed by atoms with Crippen LogP contribution in [0.2, 0.25) is 0 Å². The number of alkyl halides is 2. The second-order valence-corrected chi connectivity index (χ2v) is 4.37. The fourth-order valence-corrected chi connectivity index (χ4v) is 2.11. The molecule has 0 saturated heterocycles. The van der Waals surface area contributed by atoms with Gasteiger partial charge in [-0.05, 0) is 45.9 Å². The van der Waals surface area contributed by atoms with Crippen molar-refractivity contribution < 1.29 is 8.78 Å². The van der Waals surface area contributed by atoms with Crippen molar-refractivity contribution in [2.45, 2.75) is 18.8 Å². The summed E-state index contributed by atoms with van der Waals surface area (Å²) in [5, 5.41) is 0. The Labute approximate surface area is 83.1 Å². The minimum atomic E-state index is -2.51. The molecule has 1 aromatic carbocycles. The average molecular weight is 280 g/mol. The lowest BCUT2D eigenvalue weighted by Crippen LogP contribution is -2.14. The second-order valence-electron chi connectivity index (χ2n) is 3.12. The Morgan fingerprint density at radius 3 is 2.58 bits per heavy atom. The molecule has 0 atom stereocenters. The third-order valence-corrected chi connectivity index (χ3v) is 2.74. The van der Waals surface area contributed by atoms with Gasteiger partial charge in [0.25, 0.3) is 5.92 Å². The molecule has 0 unspecified atom stereocenters. The minimum absolute atomic E-state index is 0.0841. The van der Waals surface area contributed by atoms with Crippen LogP contribution in [0.15, 0.2) is 18.2 Å². The van der Waals surface area contributed by atoms with Crippen LogP contribution in [0.3, 0.4) is 0 Å². The van der Waals surface area contributed by atoms with Gasteiger partial charge in [0.05, 0.1) is 0 Å². The third-order valence-electron chi connectivity index (χ3n) is 2.07. The molecule has 0 amide bonds. The van der Waals surface area contributed by atoms with E-state index in [9.17, 15) is 8.78 Å². The molecule has 0 radical (unpaired) electrons. The topological polar surface area (TPSA) is 0 Å². The Bertz CT molecular complexity index is 320. The molecule has 1 aliphatic rings. The lowest BCUT2D eigenvalue weighted by Gasteiger charge is -2.04. The van der Waals surface area contributed by atoms with E-state index in [-0.39, 0.29) is 12.8 Å². The molecular weight excluding hydrogens is 273 g/mol. The summed E-state index contributed by atoms with van der Waals surface area (Å²) in [6.07, 6.45) is -0.168. The van der Waals surface area contributed by atoms with Crippen LogP contribution in [0.5, 0.6) is 0 Å². The van der Waals surface area contributed by atoms with E-state index in [0.717, 1.165) is 14.7 Å². The molecular formula is C9H7F2I. The van der Waals surface area contributed by atoms with Gasteiger partial charge in [-0.2, -0.15) is 0 Å². The summed E-state index contributed by atoms with van der Waals surface area (Å²) in [6, 6.07) is 5.52. The van der Waals surface area contributed by atoms with Crippen molar-refractivity contribution in [3.05, 3.63) is 32.9 Å². The Kier molecular flexibility index (Phi) is 1.86. The smallest absolute Gasteiger partial charge is 0.206 e. The maximum Gasteiger partial charge on any atom is 0.256 e. The molecule has 12 heavy (non-hydrogen) atoms. The number of fused-ring (bicyclic) bond motifs is 1. The molecule has 3 heteroatoms. The largest absolute Gasteiger partial charge is 0.256 e. The highest BCUT2D eigenvalue weighted by Crippen LogP contribution is 2.34. The maximum absolute atomic E-state index is 12.9. The quantitative estimate of drug-likeness (QED) is 0.641. The van der Waals surface area contributed by atoms with Crippen molar-refractivity contribution in [1.29, 1.82) is 0 Å². The molecule has 1 aromatic rings. The van der Waals surface area contributed by atoms with Crippen LogP contribution in [-0.4, -0.2) is 5.92 Å². The van der Waals surface area contributed by atoms with Gasteiger partial charge >= 0.3 is 0 Å². The van der Waals surface area contributed by atoms with Gasteiger partial charge in [-0.1, -0.05) is 6.07 Å². The minimum Gasteiger partial charge on any atom is -0.206 e. The monoisotopic (exact) mass is 280 g/mol. The van der Waals surface area contributed by atoms with E-state index >= 15 is 0 Å². The predicted molar refractivity (Wildman–Crippen MR) is 51.5 cm³/mol. The van der Waals surface area contributed by atoms with Gasteiger partial charge in [0, 0.05) is 16.4 Å². The van der Waals surface area contributed by atoms with Gasteiger partial charge in [-0.3, -0.25) is 0 Å². The van der Waals surface area contributed by atoms with Gasteiger partial charge in [-0.15, -0.1) is 0 Å². The summed E-state index contributed by atoms with van der Waals surface area (Å²) >= 11 is 2.14. The summed E-state index contributed by atoms with van der Waals surface area (Å²) in [5.41, 5.74) is 1.62. The van der Waals surface area contributed by atoms with Crippen LogP contribution in [0.4, 0.5) is 8.78 Å². The highest BCUT2D eigenvalue weighted by molar-refractivity contribution is 14.1. The summed E-state index contributed by atoms with van der Waals surface area (Å²) < 4.78 is 26.8. The first-order valence-electron chi connectivity index (χ1n) is 3.72.